The van der Waals surface area contributed by atoms with E-state index in [4.69, 9.17) is 9.15 Å². The van der Waals surface area contributed by atoms with E-state index in [0.717, 1.165) is 24.1 Å². The largest absolute Gasteiger partial charge is 0.472 e. The number of nitrogens with zero attached hydrogens (tertiary/aromatic N) is 2. The highest BCUT2D eigenvalue weighted by Crippen LogP contribution is 2.33. The maximum Gasteiger partial charge on any atom is 0.338 e. The van der Waals surface area contributed by atoms with E-state index in [0.29, 0.717) is 43.6 Å². The summed E-state index contributed by atoms with van der Waals surface area (Å²) in [5.41, 5.74) is 2.76. The number of amides is 2. The number of furan rings is 1. The first-order valence-electron chi connectivity index (χ1n) is 9.93. The van der Waals surface area contributed by atoms with Crippen molar-refractivity contribution in [3.63, 3.8) is 0 Å². The number of methoxy groups -OCH3 is 1. The Balaban J connectivity index is 1.47. The average molecular weight is 396 g/mol. The Labute approximate surface area is 169 Å². The Morgan fingerprint density at radius 1 is 1.10 bits per heavy atom. The maximum atomic E-state index is 13.3. The van der Waals surface area contributed by atoms with Crippen molar-refractivity contribution < 1.29 is 23.5 Å². The molecule has 7 heteroatoms. The van der Waals surface area contributed by atoms with Crippen LogP contribution in [0.5, 0.6) is 0 Å². The van der Waals surface area contributed by atoms with E-state index < -0.39 is 0 Å². The summed E-state index contributed by atoms with van der Waals surface area (Å²) in [6.07, 6.45) is 5.76. The molecule has 0 bridgehead atoms. The van der Waals surface area contributed by atoms with Gasteiger partial charge in [-0.1, -0.05) is 6.07 Å². The SMILES string of the molecule is COC(=O)c1cccc2c1CCCN2C(=O)C1CCN(C(=O)c2ccoc2)CC1. The molecule has 0 spiro atoms. The van der Waals surface area contributed by atoms with Gasteiger partial charge in [-0.05, 0) is 49.4 Å². The van der Waals surface area contributed by atoms with Crippen LogP contribution in [0.1, 0.15) is 45.5 Å². The van der Waals surface area contributed by atoms with Gasteiger partial charge in [0, 0.05) is 31.2 Å². The van der Waals surface area contributed by atoms with Crippen molar-refractivity contribution in [2.75, 3.05) is 31.6 Å². The first-order chi connectivity index (χ1) is 14.1. The number of rotatable bonds is 3. The number of hydrogen-bond donors (Lipinski definition) is 0. The van der Waals surface area contributed by atoms with Crippen LogP contribution in [0.25, 0.3) is 0 Å². The van der Waals surface area contributed by atoms with Crippen LogP contribution in [0, 0.1) is 5.92 Å². The Kier molecular flexibility index (Phi) is 5.38. The summed E-state index contributed by atoms with van der Waals surface area (Å²) < 4.78 is 9.88. The summed E-state index contributed by atoms with van der Waals surface area (Å²) in [5, 5.41) is 0. The molecule has 0 N–H and O–H groups in total. The van der Waals surface area contributed by atoms with Crippen LogP contribution in [0.3, 0.4) is 0 Å². The van der Waals surface area contributed by atoms with Gasteiger partial charge in [-0.25, -0.2) is 4.79 Å². The zero-order chi connectivity index (χ0) is 20.4. The predicted octanol–water partition coefficient (Wildman–Crippen LogP) is 2.90. The predicted molar refractivity (Wildman–Crippen MR) is 106 cm³/mol. The zero-order valence-corrected chi connectivity index (χ0v) is 16.4. The molecular formula is C22H24N2O5. The van der Waals surface area contributed by atoms with Crippen LogP contribution >= 0.6 is 0 Å². The molecule has 0 aliphatic carbocycles. The monoisotopic (exact) mass is 396 g/mol. The topological polar surface area (TPSA) is 80.1 Å². The molecule has 2 aliphatic heterocycles. The molecule has 2 amide bonds. The number of carbonyl (C=O) groups excluding carboxylic acids is 3. The second kappa shape index (κ2) is 8.11. The molecule has 0 radical (unpaired) electrons. The van der Waals surface area contributed by atoms with Crippen molar-refractivity contribution in [3.05, 3.63) is 53.5 Å². The first-order valence-corrected chi connectivity index (χ1v) is 9.93. The fourth-order valence-corrected chi connectivity index (χ4v) is 4.27. The third-order valence-corrected chi connectivity index (χ3v) is 5.82. The van der Waals surface area contributed by atoms with Crippen LogP contribution in [0.15, 0.2) is 41.2 Å². The fraction of sp³-hybridized carbons (Fsp3) is 0.409. The quantitative estimate of drug-likeness (QED) is 0.746. The smallest absolute Gasteiger partial charge is 0.338 e. The molecule has 3 heterocycles. The van der Waals surface area contributed by atoms with Crippen LogP contribution < -0.4 is 4.90 Å². The van der Waals surface area contributed by atoms with Crippen molar-refractivity contribution in [3.8, 4) is 0 Å². The van der Waals surface area contributed by atoms with Gasteiger partial charge in [0.1, 0.15) is 6.26 Å². The van der Waals surface area contributed by atoms with Crippen molar-refractivity contribution in [1.82, 2.24) is 4.90 Å². The van der Waals surface area contributed by atoms with Gasteiger partial charge in [-0.15, -0.1) is 0 Å². The van der Waals surface area contributed by atoms with E-state index in [2.05, 4.69) is 0 Å². The number of fused-ring (bicyclic) bond motifs is 1. The molecule has 29 heavy (non-hydrogen) atoms. The lowest BCUT2D eigenvalue weighted by Crippen LogP contribution is -2.46. The molecule has 0 atom stereocenters. The van der Waals surface area contributed by atoms with Gasteiger partial charge in [-0.3, -0.25) is 9.59 Å². The standard InChI is InChI=1S/C22H24N2O5/c1-28-22(27)18-4-2-6-19-17(18)5-3-10-24(19)21(26)15-7-11-23(12-8-15)20(25)16-9-13-29-14-16/h2,4,6,9,13-15H,3,5,7-8,10-12H2,1H3. The lowest BCUT2D eigenvalue weighted by Gasteiger charge is -2.36. The molecule has 1 aromatic carbocycles. The van der Waals surface area contributed by atoms with Gasteiger partial charge in [0.25, 0.3) is 5.91 Å². The van der Waals surface area contributed by atoms with Crippen molar-refractivity contribution in [2.45, 2.75) is 25.7 Å². The molecule has 0 saturated carbocycles. The number of piperidine rings is 1. The highest BCUT2D eigenvalue weighted by Gasteiger charge is 2.34. The summed E-state index contributed by atoms with van der Waals surface area (Å²) in [7, 11) is 1.37. The summed E-state index contributed by atoms with van der Waals surface area (Å²) >= 11 is 0. The molecule has 1 fully saturated rings. The number of carbonyl (C=O) groups is 3. The number of anilines is 1. The van der Waals surface area contributed by atoms with E-state index in [1.807, 2.05) is 11.0 Å². The summed E-state index contributed by atoms with van der Waals surface area (Å²) in [6.45, 7) is 1.73. The van der Waals surface area contributed by atoms with Gasteiger partial charge in [0.15, 0.2) is 0 Å². The highest BCUT2D eigenvalue weighted by atomic mass is 16.5. The van der Waals surface area contributed by atoms with Crippen molar-refractivity contribution >= 4 is 23.5 Å². The van der Waals surface area contributed by atoms with Crippen molar-refractivity contribution in [1.29, 1.82) is 0 Å². The number of hydrogen-bond acceptors (Lipinski definition) is 5. The molecule has 152 valence electrons. The highest BCUT2D eigenvalue weighted by molar-refractivity contribution is 6.00. The second-order valence-electron chi connectivity index (χ2n) is 7.47. The van der Waals surface area contributed by atoms with Crippen LogP contribution in [-0.4, -0.2) is 49.4 Å². The van der Waals surface area contributed by atoms with Gasteiger partial charge < -0.3 is 19.0 Å². The summed E-state index contributed by atoms with van der Waals surface area (Å²) in [6, 6.07) is 7.10. The fourth-order valence-electron chi connectivity index (χ4n) is 4.27. The molecule has 0 unspecified atom stereocenters. The third-order valence-electron chi connectivity index (χ3n) is 5.82. The number of likely N-dealkylation sites (tertiary alicyclic amines) is 1. The Morgan fingerprint density at radius 2 is 1.90 bits per heavy atom. The molecule has 2 aromatic rings. The number of benzene rings is 1. The second-order valence-corrected chi connectivity index (χ2v) is 7.47. The van der Waals surface area contributed by atoms with Crippen LogP contribution in [0.4, 0.5) is 5.69 Å². The zero-order valence-electron chi connectivity index (χ0n) is 16.4. The van der Waals surface area contributed by atoms with Gasteiger partial charge in [0.05, 0.1) is 24.5 Å². The molecule has 1 saturated heterocycles. The first kappa shape index (κ1) is 19.2. The molecule has 4 rings (SSSR count). The van der Waals surface area contributed by atoms with Crippen molar-refractivity contribution in [2.24, 2.45) is 5.92 Å². The minimum atomic E-state index is -0.373. The molecule has 7 nitrogen and oxygen atoms in total. The minimum Gasteiger partial charge on any atom is -0.472 e. The van der Waals surface area contributed by atoms with Gasteiger partial charge in [-0.2, -0.15) is 0 Å². The van der Waals surface area contributed by atoms with E-state index in [1.54, 1.807) is 23.1 Å². The normalized spacial score (nSPS) is 17.0. The summed E-state index contributed by atoms with van der Waals surface area (Å²) in [5.74, 6) is -0.489. The van der Waals surface area contributed by atoms with Crippen LogP contribution in [0.2, 0.25) is 0 Å². The lowest BCUT2D eigenvalue weighted by molar-refractivity contribution is -0.123. The minimum absolute atomic E-state index is 0.0595. The maximum absolute atomic E-state index is 13.3. The summed E-state index contributed by atoms with van der Waals surface area (Å²) in [4.78, 5) is 41.4. The Bertz CT molecular complexity index is 913. The van der Waals surface area contributed by atoms with Gasteiger partial charge >= 0.3 is 5.97 Å². The third kappa shape index (κ3) is 3.64. The van der Waals surface area contributed by atoms with E-state index in [1.165, 1.54) is 19.6 Å². The Hall–Kier alpha value is -3.09. The Morgan fingerprint density at radius 3 is 2.59 bits per heavy atom. The molecule has 2 aliphatic rings. The lowest BCUT2D eigenvalue weighted by atomic mass is 9.91. The molecule has 1 aromatic heterocycles. The molecular weight excluding hydrogens is 372 g/mol. The average Bonchev–Trinajstić information content (AvgIpc) is 3.32. The van der Waals surface area contributed by atoms with E-state index in [9.17, 15) is 14.4 Å². The van der Waals surface area contributed by atoms with E-state index in [-0.39, 0.29) is 23.7 Å². The number of ether oxygens (including phenoxy) is 1. The number of esters is 1. The van der Waals surface area contributed by atoms with Gasteiger partial charge in [0.2, 0.25) is 5.91 Å². The van der Waals surface area contributed by atoms with Crippen LogP contribution in [-0.2, 0) is 16.0 Å². The van der Waals surface area contributed by atoms with E-state index >= 15 is 0 Å².